The minimum atomic E-state index is -1.10. The zero-order valence-electron chi connectivity index (χ0n) is 22.5. The van der Waals surface area contributed by atoms with Crippen molar-refractivity contribution in [3.63, 3.8) is 0 Å². The number of carbonyl (C=O) groups excluding carboxylic acids is 1. The molecule has 2 N–H and O–H groups in total. The van der Waals surface area contributed by atoms with Crippen molar-refractivity contribution in [2.75, 3.05) is 30.9 Å². The van der Waals surface area contributed by atoms with Gasteiger partial charge in [0.05, 0.1) is 23.9 Å². The normalized spacial score (nSPS) is 23.3. The predicted octanol–water partition coefficient (Wildman–Crippen LogP) is 4.02. The summed E-state index contributed by atoms with van der Waals surface area (Å²) < 4.78 is 0. The van der Waals surface area contributed by atoms with Crippen LogP contribution >= 0.6 is 0 Å². The Kier molecular flexibility index (Phi) is 7.65. The van der Waals surface area contributed by atoms with Gasteiger partial charge in [-0.05, 0) is 69.8 Å². The number of nitriles is 1. The van der Waals surface area contributed by atoms with Gasteiger partial charge < -0.3 is 20.2 Å². The number of carboxylic acid groups (broad SMARTS) is 1. The van der Waals surface area contributed by atoms with Gasteiger partial charge in [0.25, 0.3) is 0 Å². The van der Waals surface area contributed by atoms with Crippen molar-refractivity contribution >= 4 is 29.1 Å². The third-order valence-electron chi connectivity index (χ3n) is 7.58. The number of aliphatic carboxylic acids is 1. The van der Waals surface area contributed by atoms with Crippen LogP contribution in [0.15, 0.2) is 53.7 Å². The molecule has 3 heterocycles. The number of fused-ring (bicyclic) bond motifs is 1. The Balaban J connectivity index is 1.70. The molecule has 4 rings (SSSR count). The van der Waals surface area contributed by atoms with Gasteiger partial charge in [-0.1, -0.05) is 19.1 Å². The Morgan fingerprint density at radius 2 is 2.08 bits per heavy atom. The monoisotopic (exact) mass is 514 g/mol. The first-order valence-corrected chi connectivity index (χ1v) is 12.8. The minimum absolute atomic E-state index is 0.0261. The van der Waals surface area contributed by atoms with Crippen molar-refractivity contribution < 1.29 is 14.7 Å². The molecule has 0 aliphatic carbocycles. The number of pyridine rings is 1. The van der Waals surface area contributed by atoms with Gasteiger partial charge in [-0.15, -0.1) is 0 Å². The summed E-state index contributed by atoms with van der Waals surface area (Å²) in [5, 5.41) is 22.7. The molecule has 2 unspecified atom stereocenters. The number of hydrogen-bond acceptors (Lipinski definition) is 7. The molecule has 4 atom stereocenters. The van der Waals surface area contributed by atoms with E-state index in [4.69, 9.17) is 10.3 Å². The highest BCUT2D eigenvalue weighted by molar-refractivity contribution is 6.10. The topological polar surface area (TPSA) is 122 Å². The highest BCUT2D eigenvalue weighted by atomic mass is 16.4. The van der Waals surface area contributed by atoms with E-state index in [1.807, 2.05) is 57.1 Å². The highest BCUT2D eigenvalue weighted by Crippen LogP contribution is 2.40. The van der Waals surface area contributed by atoms with Crippen LogP contribution < -0.4 is 10.2 Å². The summed E-state index contributed by atoms with van der Waals surface area (Å²) in [4.78, 5) is 37.8. The second kappa shape index (κ2) is 10.8. The summed E-state index contributed by atoms with van der Waals surface area (Å²) in [5.41, 5.74) is 2.72. The summed E-state index contributed by atoms with van der Waals surface area (Å²) in [6.45, 7) is 5.73. The van der Waals surface area contributed by atoms with Gasteiger partial charge in [0.1, 0.15) is 17.3 Å². The van der Waals surface area contributed by atoms with E-state index in [2.05, 4.69) is 16.4 Å². The van der Waals surface area contributed by atoms with E-state index in [9.17, 15) is 14.7 Å². The van der Waals surface area contributed by atoms with E-state index in [1.165, 1.54) is 6.20 Å². The fraction of sp³-hybridized carbons (Fsp3) is 0.414. The lowest BCUT2D eigenvalue weighted by Crippen LogP contribution is -2.51. The first kappa shape index (κ1) is 27.0. The van der Waals surface area contributed by atoms with E-state index in [0.29, 0.717) is 29.9 Å². The number of benzene rings is 1. The molecule has 2 aliphatic rings. The number of nitrogens with one attached hydrogen (secondary N) is 1. The molecule has 0 fully saturated rings. The van der Waals surface area contributed by atoms with Crippen LogP contribution in [-0.2, 0) is 9.59 Å². The number of carbonyl (C=O) groups is 2. The maximum atomic E-state index is 12.5. The number of nitrogens with zero attached hydrogens (tertiary/aromatic N) is 5. The predicted molar refractivity (Wildman–Crippen MR) is 147 cm³/mol. The van der Waals surface area contributed by atoms with E-state index >= 15 is 0 Å². The van der Waals surface area contributed by atoms with Gasteiger partial charge in [0, 0.05) is 36.5 Å². The van der Waals surface area contributed by atoms with Crippen LogP contribution in [0.2, 0.25) is 0 Å². The molecule has 2 aliphatic heterocycles. The zero-order valence-corrected chi connectivity index (χ0v) is 22.5. The van der Waals surface area contributed by atoms with Crippen molar-refractivity contribution in [2.45, 2.75) is 51.7 Å². The SMILES string of the molecule is CCC(N(C)C)C1(C(=O)O)C=CC(c2ccc3c(c2)[C@H](Nc2ccc(C#N)cn2)C[C@H](C)N3C(C)=O)=NC1. The third kappa shape index (κ3) is 4.92. The fourth-order valence-electron chi connectivity index (χ4n) is 5.79. The quantitative estimate of drug-likeness (QED) is 0.572. The van der Waals surface area contributed by atoms with Crippen molar-refractivity contribution in [3.8, 4) is 6.07 Å². The summed E-state index contributed by atoms with van der Waals surface area (Å²) in [5.74, 6) is -0.269. The highest BCUT2D eigenvalue weighted by Gasteiger charge is 2.45. The van der Waals surface area contributed by atoms with Gasteiger partial charge in [-0.25, -0.2) is 4.98 Å². The van der Waals surface area contributed by atoms with Crippen LogP contribution in [0.25, 0.3) is 0 Å². The molecule has 0 spiro atoms. The van der Waals surface area contributed by atoms with Crippen molar-refractivity contribution in [1.82, 2.24) is 9.88 Å². The summed E-state index contributed by atoms with van der Waals surface area (Å²) in [6, 6.07) is 11.1. The summed E-state index contributed by atoms with van der Waals surface area (Å²) in [7, 11) is 3.79. The molecule has 38 heavy (non-hydrogen) atoms. The first-order chi connectivity index (χ1) is 18.1. The molecule has 1 aromatic carbocycles. The molecule has 0 saturated heterocycles. The van der Waals surface area contributed by atoms with Crippen LogP contribution in [-0.4, -0.2) is 65.3 Å². The number of amides is 1. The lowest BCUT2D eigenvalue weighted by atomic mass is 9.76. The molecule has 198 valence electrons. The van der Waals surface area contributed by atoms with Gasteiger partial charge >= 0.3 is 5.97 Å². The molecular formula is C29H34N6O3. The average Bonchev–Trinajstić information content (AvgIpc) is 2.89. The van der Waals surface area contributed by atoms with Crippen molar-refractivity contribution in [3.05, 3.63) is 65.4 Å². The molecule has 0 saturated carbocycles. The number of aliphatic imine (C=N–C) groups is 1. The zero-order chi connectivity index (χ0) is 27.6. The number of hydrogen-bond donors (Lipinski definition) is 2. The Bertz CT molecular complexity index is 1330. The Hall–Kier alpha value is -4.03. The number of carboxylic acids is 1. The fourth-order valence-corrected chi connectivity index (χ4v) is 5.79. The molecule has 0 bridgehead atoms. The number of aromatic nitrogens is 1. The lowest BCUT2D eigenvalue weighted by Gasteiger charge is -2.40. The number of rotatable bonds is 7. The van der Waals surface area contributed by atoms with Gasteiger partial charge in [-0.2, -0.15) is 5.26 Å². The van der Waals surface area contributed by atoms with Crippen molar-refractivity contribution in [2.24, 2.45) is 10.4 Å². The Morgan fingerprint density at radius 3 is 2.61 bits per heavy atom. The summed E-state index contributed by atoms with van der Waals surface area (Å²) in [6.07, 6.45) is 6.48. The first-order valence-electron chi connectivity index (χ1n) is 12.8. The van der Waals surface area contributed by atoms with E-state index in [0.717, 1.165) is 16.8 Å². The Labute approximate surface area is 223 Å². The average molecular weight is 515 g/mol. The minimum Gasteiger partial charge on any atom is -0.480 e. The largest absolute Gasteiger partial charge is 0.480 e. The molecule has 0 radical (unpaired) electrons. The molecule has 1 aromatic heterocycles. The van der Waals surface area contributed by atoms with Gasteiger partial charge in [0.15, 0.2) is 0 Å². The maximum absolute atomic E-state index is 12.5. The second-order valence-electron chi connectivity index (χ2n) is 10.3. The number of allylic oxidation sites excluding steroid dienone is 1. The maximum Gasteiger partial charge on any atom is 0.317 e. The smallest absolute Gasteiger partial charge is 0.317 e. The van der Waals surface area contributed by atoms with Gasteiger partial charge in [-0.3, -0.25) is 14.6 Å². The van der Waals surface area contributed by atoms with Gasteiger partial charge in [0.2, 0.25) is 5.91 Å². The van der Waals surface area contributed by atoms with Crippen LogP contribution in [0.1, 0.15) is 56.3 Å². The molecule has 1 amide bonds. The lowest BCUT2D eigenvalue weighted by molar-refractivity contribution is -0.148. The third-order valence-corrected chi connectivity index (χ3v) is 7.58. The van der Waals surface area contributed by atoms with Crippen LogP contribution in [0.3, 0.4) is 0 Å². The molecule has 2 aromatic rings. The van der Waals surface area contributed by atoms with Crippen LogP contribution in [0.5, 0.6) is 0 Å². The van der Waals surface area contributed by atoms with Crippen molar-refractivity contribution in [1.29, 1.82) is 5.26 Å². The van der Waals surface area contributed by atoms with E-state index < -0.39 is 11.4 Å². The molecular weight excluding hydrogens is 480 g/mol. The van der Waals surface area contributed by atoms with Crippen LogP contribution in [0.4, 0.5) is 11.5 Å². The standard InChI is InChI=1S/C29H34N6O3/c1-6-26(34(4)5)29(28(37)38)12-11-23(32-17-29)21-8-9-25-22(14-21)24(13-18(2)35(25)19(3)36)33-27-10-7-20(15-30)16-31-27/h7-12,14,16,18,24,26H,6,13,17H2,1-5H3,(H,31,33)(H,37,38)/t18-,24+,26?,29?/m0/s1. The number of dihydropyridines is 1. The summed E-state index contributed by atoms with van der Waals surface area (Å²) >= 11 is 0. The Morgan fingerprint density at radius 1 is 1.32 bits per heavy atom. The second-order valence-corrected chi connectivity index (χ2v) is 10.3. The molecule has 9 heteroatoms. The van der Waals surface area contributed by atoms with E-state index in [-0.39, 0.29) is 30.6 Å². The molecule has 9 nitrogen and oxygen atoms in total. The van der Waals surface area contributed by atoms with E-state index in [1.54, 1.807) is 30.0 Å². The number of anilines is 2. The van der Waals surface area contributed by atoms with Crippen LogP contribution in [0, 0.1) is 16.7 Å².